The van der Waals surface area contributed by atoms with Crippen LogP contribution in [0.1, 0.15) is 11.4 Å². The van der Waals surface area contributed by atoms with Gasteiger partial charge in [-0.1, -0.05) is 6.07 Å². The molecule has 2 N–H and O–H groups in total. The van der Waals surface area contributed by atoms with E-state index in [1.54, 1.807) is 0 Å². The first-order chi connectivity index (χ1) is 12.3. The smallest absolute Gasteiger partial charge is 0.293 e. The minimum atomic E-state index is -3.76. The molecule has 2 heterocycles. The summed E-state index contributed by atoms with van der Waals surface area (Å²) >= 11 is 0. The van der Waals surface area contributed by atoms with E-state index >= 15 is 0 Å². The molecular weight excluding hydrogens is 358 g/mol. The largest absolute Gasteiger partial charge is 0.374 e. The van der Waals surface area contributed by atoms with Crippen molar-refractivity contribution in [2.24, 2.45) is 0 Å². The Kier molecular flexibility index (Phi) is 4.62. The average Bonchev–Trinajstić information content (AvgIpc) is 3.04. The van der Waals surface area contributed by atoms with Crippen LogP contribution < -0.4 is 10.0 Å². The van der Waals surface area contributed by atoms with Gasteiger partial charge in [0.2, 0.25) is 10.0 Å². The van der Waals surface area contributed by atoms with Gasteiger partial charge in [-0.3, -0.25) is 10.1 Å². The number of nitrogens with zero attached hydrogens (tertiary/aromatic N) is 3. The number of fused-ring (bicyclic) bond motifs is 1. The quantitative estimate of drug-likeness (QED) is 0.503. The second-order valence-corrected chi connectivity index (χ2v) is 7.51. The van der Waals surface area contributed by atoms with Crippen LogP contribution in [-0.4, -0.2) is 29.8 Å². The van der Waals surface area contributed by atoms with Crippen molar-refractivity contribution in [2.75, 3.05) is 12.4 Å². The summed E-state index contributed by atoms with van der Waals surface area (Å²) in [4.78, 5) is 15.0. The molecule has 0 saturated carbocycles. The number of benzene rings is 1. The summed E-state index contributed by atoms with van der Waals surface area (Å²) in [6.07, 6.45) is 1.85. The van der Waals surface area contributed by atoms with Crippen LogP contribution in [0, 0.1) is 17.0 Å². The lowest BCUT2D eigenvalue weighted by molar-refractivity contribution is -0.384. The van der Waals surface area contributed by atoms with E-state index in [0.29, 0.717) is 5.69 Å². The van der Waals surface area contributed by atoms with E-state index in [9.17, 15) is 18.5 Å². The highest BCUT2D eigenvalue weighted by Crippen LogP contribution is 2.28. The lowest BCUT2D eigenvalue weighted by atomic mass is 10.2. The molecule has 0 bridgehead atoms. The molecule has 2 aromatic heterocycles. The van der Waals surface area contributed by atoms with Crippen molar-refractivity contribution in [3.63, 3.8) is 0 Å². The number of sulfonamides is 1. The van der Waals surface area contributed by atoms with Gasteiger partial charge in [-0.25, -0.2) is 18.1 Å². The molecule has 0 aliphatic heterocycles. The number of hydrogen-bond donors (Lipinski definition) is 2. The summed E-state index contributed by atoms with van der Waals surface area (Å²) in [6, 6.07) is 9.45. The number of anilines is 1. The Labute approximate surface area is 149 Å². The summed E-state index contributed by atoms with van der Waals surface area (Å²) in [5, 5.41) is 14.3. The molecular formula is C16H17N5O4S. The Hall–Kier alpha value is -2.98. The van der Waals surface area contributed by atoms with Gasteiger partial charge in [0, 0.05) is 18.0 Å². The molecule has 136 valence electrons. The van der Waals surface area contributed by atoms with Crippen molar-refractivity contribution in [2.45, 2.75) is 18.4 Å². The van der Waals surface area contributed by atoms with E-state index in [0.717, 1.165) is 17.4 Å². The first-order valence-electron chi connectivity index (χ1n) is 7.71. The number of nitrogens with one attached hydrogen (secondary N) is 2. The summed E-state index contributed by atoms with van der Waals surface area (Å²) in [5.41, 5.74) is 2.42. The number of nitro benzene ring substituents is 1. The highest BCUT2D eigenvalue weighted by molar-refractivity contribution is 7.89. The predicted octanol–water partition coefficient (Wildman–Crippen LogP) is 2.07. The third-order valence-electron chi connectivity index (χ3n) is 3.95. The van der Waals surface area contributed by atoms with E-state index in [4.69, 9.17) is 0 Å². The van der Waals surface area contributed by atoms with Gasteiger partial charge in [-0.2, -0.15) is 0 Å². The highest BCUT2D eigenvalue weighted by Gasteiger charge is 2.20. The molecule has 10 heteroatoms. The summed E-state index contributed by atoms with van der Waals surface area (Å²) < 4.78 is 27.7. The maximum atomic E-state index is 11.8. The Morgan fingerprint density at radius 3 is 2.69 bits per heavy atom. The fourth-order valence-electron chi connectivity index (χ4n) is 2.57. The second kappa shape index (κ2) is 6.73. The molecule has 3 rings (SSSR count). The normalized spacial score (nSPS) is 11.6. The van der Waals surface area contributed by atoms with E-state index in [1.807, 2.05) is 35.7 Å². The van der Waals surface area contributed by atoms with E-state index in [1.165, 1.54) is 19.2 Å². The van der Waals surface area contributed by atoms with Crippen molar-refractivity contribution in [3.05, 3.63) is 64.1 Å². The van der Waals surface area contributed by atoms with Gasteiger partial charge in [0.05, 0.1) is 22.1 Å². The van der Waals surface area contributed by atoms with Crippen molar-refractivity contribution in [3.8, 4) is 0 Å². The molecule has 0 radical (unpaired) electrons. The minimum Gasteiger partial charge on any atom is -0.374 e. The van der Waals surface area contributed by atoms with Gasteiger partial charge in [-0.05, 0) is 38.2 Å². The van der Waals surface area contributed by atoms with Gasteiger partial charge in [-0.15, -0.1) is 0 Å². The van der Waals surface area contributed by atoms with Gasteiger partial charge >= 0.3 is 0 Å². The van der Waals surface area contributed by atoms with Crippen molar-refractivity contribution in [1.29, 1.82) is 0 Å². The number of aryl methyl sites for hydroxylation is 1. The van der Waals surface area contributed by atoms with Crippen LogP contribution in [-0.2, 0) is 16.6 Å². The van der Waals surface area contributed by atoms with Gasteiger partial charge in [0.15, 0.2) is 0 Å². The number of pyridine rings is 1. The average molecular weight is 375 g/mol. The first-order valence-corrected chi connectivity index (χ1v) is 9.19. The standard InChI is InChI=1S/C16H17N5O4S/c1-11-4-3-5-16-19-12(10-20(11)16)9-18-14-7-6-13(26(24,25)17-2)8-15(14)21(22)23/h3-8,10,17-18H,9H2,1-2H3. The van der Waals surface area contributed by atoms with Crippen molar-refractivity contribution >= 4 is 27.0 Å². The molecule has 26 heavy (non-hydrogen) atoms. The predicted molar refractivity (Wildman–Crippen MR) is 96.6 cm³/mol. The SMILES string of the molecule is CNS(=O)(=O)c1ccc(NCc2cn3c(C)cccc3n2)c([N+](=O)[O-])c1. The van der Waals surface area contributed by atoms with Gasteiger partial charge in [0.1, 0.15) is 11.3 Å². The third kappa shape index (κ3) is 3.37. The van der Waals surface area contributed by atoms with Crippen LogP contribution in [0.3, 0.4) is 0 Å². The third-order valence-corrected chi connectivity index (χ3v) is 5.36. The Morgan fingerprint density at radius 1 is 1.27 bits per heavy atom. The summed E-state index contributed by atoms with van der Waals surface area (Å²) in [7, 11) is -2.51. The first kappa shape index (κ1) is 17.8. The number of aromatic nitrogens is 2. The number of nitro groups is 1. The topological polar surface area (TPSA) is 119 Å². The van der Waals surface area contributed by atoms with Gasteiger partial charge < -0.3 is 9.72 Å². The van der Waals surface area contributed by atoms with Crippen LogP contribution in [0.5, 0.6) is 0 Å². The molecule has 0 fully saturated rings. The number of hydrogen-bond acceptors (Lipinski definition) is 6. The van der Waals surface area contributed by atoms with Crippen LogP contribution in [0.4, 0.5) is 11.4 Å². The Balaban J connectivity index is 1.89. The molecule has 0 aliphatic rings. The maximum Gasteiger partial charge on any atom is 0.293 e. The van der Waals surface area contributed by atoms with E-state index in [2.05, 4.69) is 15.0 Å². The van der Waals surface area contributed by atoms with Gasteiger partial charge in [0.25, 0.3) is 5.69 Å². The minimum absolute atomic E-state index is 0.166. The van der Waals surface area contributed by atoms with E-state index < -0.39 is 14.9 Å². The van der Waals surface area contributed by atoms with Crippen LogP contribution in [0.25, 0.3) is 5.65 Å². The fourth-order valence-corrected chi connectivity index (χ4v) is 3.32. The van der Waals surface area contributed by atoms with Crippen LogP contribution in [0.2, 0.25) is 0 Å². The summed E-state index contributed by atoms with van der Waals surface area (Å²) in [6.45, 7) is 2.22. The number of imidazole rings is 1. The molecule has 0 atom stereocenters. The monoisotopic (exact) mass is 375 g/mol. The maximum absolute atomic E-state index is 11.8. The molecule has 0 saturated heterocycles. The Morgan fingerprint density at radius 2 is 2.04 bits per heavy atom. The van der Waals surface area contributed by atoms with Crippen LogP contribution in [0.15, 0.2) is 47.5 Å². The molecule has 0 unspecified atom stereocenters. The Bertz CT molecular complexity index is 1090. The summed E-state index contributed by atoms with van der Waals surface area (Å²) in [5.74, 6) is 0. The lowest BCUT2D eigenvalue weighted by Crippen LogP contribution is -2.18. The van der Waals surface area contributed by atoms with Crippen molar-refractivity contribution < 1.29 is 13.3 Å². The molecule has 0 amide bonds. The molecule has 0 aliphatic carbocycles. The second-order valence-electron chi connectivity index (χ2n) is 5.62. The van der Waals surface area contributed by atoms with Crippen LogP contribution >= 0.6 is 0 Å². The zero-order valence-electron chi connectivity index (χ0n) is 14.1. The molecule has 0 spiro atoms. The zero-order chi connectivity index (χ0) is 18.9. The van der Waals surface area contributed by atoms with E-state index in [-0.39, 0.29) is 22.8 Å². The molecule has 3 aromatic rings. The van der Waals surface area contributed by atoms with Crippen molar-refractivity contribution in [1.82, 2.24) is 14.1 Å². The zero-order valence-corrected chi connectivity index (χ0v) is 14.9. The molecule has 1 aromatic carbocycles. The number of rotatable bonds is 6. The highest BCUT2D eigenvalue weighted by atomic mass is 32.2. The fraction of sp³-hybridized carbons (Fsp3) is 0.188. The lowest BCUT2D eigenvalue weighted by Gasteiger charge is -2.08. The molecule has 9 nitrogen and oxygen atoms in total.